The molecule has 5 heteroatoms. The monoisotopic (exact) mass is 344 g/mol. The van der Waals surface area contributed by atoms with Gasteiger partial charge in [-0.3, -0.25) is 0 Å². The van der Waals surface area contributed by atoms with Crippen LogP contribution in [0.25, 0.3) is 11.3 Å². The van der Waals surface area contributed by atoms with E-state index in [1.807, 2.05) is 12.1 Å². The first kappa shape index (κ1) is 19.1. The van der Waals surface area contributed by atoms with E-state index in [0.29, 0.717) is 18.1 Å². The summed E-state index contributed by atoms with van der Waals surface area (Å²) in [6, 6.07) is 10.7. The Balaban J connectivity index is 1.96. The second-order valence-corrected chi connectivity index (χ2v) is 6.99. The number of hydrogen-bond acceptors (Lipinski definition) is 5. The van der Waals surface area contributed by atoms with Crippen LogP contribution in [-0.4, -0.2) is 37.1 Å². The highest BCUT2D eigenvalue weighted by Gasteiger charge is 2.24. The first-order valence-corrected chi connectivity index (χ1v) is 8.70. The molecule has 0 atom stereocenters. The van der Waals surface area contributed by atoms with Gasteiger partial charge >= 0.3 is 5.97 Å². The van der Waals surface area contributed by atoms with E-state index in [1.54, 1.807) is 24.3 Å². The molecule has 136 valence electrons. The molecule has 0 bridgehead atoms. The van der Waals surface area contributed by atoms with Gasteiger partial charge in [0.1, 0.15) is 5.76 Å². The molecule has 25 heavy (non-hydrogen) atoms. The van der Waals surface area contributed by atoms with Crippen molar-refractivity contribution in [2.45, 2.75) is 27.7 Å². The van der Waals surface area contributed by atoms with Crippen molar-refractivity contribution in [3.63, 3.8) is 0 Å². The second kappa shape index (κ2) is 8.21. The summed E-state index contributed by atoms with van der Waals surface area (Å²) in [5.74, 6) is 0.397. The predicted molar refractivity (Wildman–Crippen MR) is 100 cm³/mol. The Bertz CT molecular complexity index is 685. The van der Waals surface area contributed by atoms with Crippen LogP contribution in [0.3, 0.4) is 0 Å². The topological polar surface area (TPSA) is 68.7 Å². The normalized spacial score (nSPS) is 11.7. The Morgan fingerprint density at radius 3 is 2.36 bits per heavy atom. The van der Waals surface area contributed by atoms with Crippen molar-refractivity contribution in [3.8, 4) is 11.3 Å². The summed E-state index contributed by atoms with van der Waals surface area (Å²) in [6.45, 7) is 11.7. The average Bonchev–Trinajstić information content (AvgIpc) is 3.08. The minimum absolute atomic E-state index is 0.117. The van der Waals surface area contributed by atoms with Crippen LogP contribution in [0.5, 0.6) is 0 Å². The van der Waals surface area contributed by atoms with Crippen molar-refractivity contribution in [2.75, 3.05) is 32.0 Å². The molecule has 0 amide bonds. The Kier molecular flexibility index (Phi) is 6.26. The third kappa shape index (κ3) is 5.36. The van der Waals surface area contributed by atoms with Crippen LogP contribution in [0, 0.1) is 5.41 Å². The maximum atomic E-state index is 12.3. The van der Waals surface area contributed by atoms with Gasteiger partial charge in [0, 0.05) is 23.2 Å². The van der Waals surface area contributed by atoms with Crippen LogP contribution < -0.4 is 5.73 Å². The quantitative estimate of drug-likeness (QED) is 0.578. The van der Waals surface area contributed by atoms with Crippen LogP contribution in [0.4, 0.5) is 5.69 Å². The lowest BCUT2D eigenvalue weighted by atomic mass is 9.94. The Morgan fingerprint density at radius 2 is 1.76 bits per heavy atom. The Hall–Kier alpha value is -2.27. The molecule has 0 fully saturated rings. The standard InChI is InChI=1S/C20H28N2O3/c1-5-22(6-2)13-20(3,4)14-24-19(23)18-12-11-17(25-18)15-7-9-16(21)10-8-15/h7-12H,5-6,13-14,21H2,1-4H3. The van der Waals surface area contributed by atoms with Gasteiger partial charge in [-0.2, -0.15) is 0 Å². The summed E-state index contributed by atoms with van der Waals surface area (Å²) in [5, 5.41) is 0. The van der Waals surface area contributed by atoms with Crippen molar-refractivity contribution < 1.29 is 13.9 Å². The Labute approximate surface area is 149 Å². The number of carbonyl (C=O) groups excluding carboxylic acids is 1. The van der Waals surface area contributed by atoms with Crippen molar-refractivity contribution in [3.05, 3.63) is 42.2 Å². The smallest absolute Gasteiger partial charge is 0.374 e. The minimum Gasteiger partial charge on any atom is -0.459 e. The molecule has 0 saturated heterocycles. The zero-order valence-corrected chi connectivity index (χ0v) is 15.5. The molecule has 0 unspecified atom stereocenters. The number of benzene rings is 1. The van der Waals surface area contributed by atoms with Crippen molar-refractivity contribution >= 4 is 11.7 Å². The highest BCUT2D eigenvalue weighted by molar-refractivity contribution is 5.87. The molecular formula is C20H28N2O3. The lowest BCUT2D eigenvalue weighted by Crippen LogP contribution is -2.37. The molecule has 1 heterocycles. The van der Waals surface area contributed by atoms with Crippen molar-refractivity contribution in [2.24, 2.45) is 5.41 Å². The molecule has 2 N–H and O–H groups in total. The molecule has 5 nitrogen and oxygen atoms in total. The molecular weight excluding hydrogens is 316 g/mol. The maximum absolute atomic E-state index is 12.3. The lowest BCUT2D eigenvalue weighted by Gasteiger charge is -2.30. The first-order chi connectivity index (χ1) is 11.8. The first-order valence-electron chi connectivity index (χ1n) is 8.70. The number of carbonyl (C=O) groups is 1. The van der Waals surface area contributed by atoms with Crippen LogP contribution in [0.1, 0.15) is 38.2 Å². The number of anilines is 1. The van der Waals surface area contributed by atoms with E-state index in [0.717, 1.165) is 25.2 Å². The molecule has 2 rings (SSSR count). The van der Waals surface area contributed by atoms with E-state index in [-0.39, 0.29) is 11.2 Å². The van der Waals surface area contributed by atoms with E-state index < -0.39 is 5.97 Å². The molecule has 1 aromatic heterocycles. The molecule has 0 aliphatic heterocycles. The number of hydrogen-bond donors (Lipinski definition) is 1. The third-order valence-corrected chi connectivity index (χ3v) is 4.14. The number of nitrogens with two attached hydrogens (primary N) is 1. The summed E-state index contributed by atoms with van der Waals surface area (Å²) in [7, 11) is 0. The van der Waals surface area contributed by atoms with E-state index >= 15 is 0 Å². The fourth-order valence-corrected chi connectivity index (χ4v) is 2.68. The number of furan rings is 1. The van der Waals surface area contributed by atoms with Gasteiger partial charge in [-0.15, -0.1) is 0 Å². The fraction of sp³-hybridized carbons (Fsp3) is 0.450. The molecule has 1 aromatic carbocycles. The highest BCUT2D eigenvalue weighted by Crippen LogP contribution is 2.24. The predicted octanol–water partition coefficient (Wildman–Crippen LogP) is 4.05. The Morgan fingerprint density at radius 1 is 1.12 bits per heavy atom. The summed E-state index contributed by atoms with van der Waals surface area (Å²) >= 11 is 0. The van der Waals surface area contributed by atoms with Crippen LogP contribution in [-0.2, 0) is 4.74 Å². The summed E-state index contributed by atoms with van der Waals surface area (Å²) in [6.07, 6.45) is 0. The number of esters is 1. The van der Waals surface area contributed by atoms with Crippen molar-refractivity contribution in [1.82, 2.24) is 4.90 Å². The number of nitrogens with zero attached hydrogens (tertiary/aromatic N) is 1. The van der Waals surface area contributed by atoms with Gasteiger partial charge in [-0.1, -0.05) is 27.7 Å². The average molecular weight is 344 g/mol. The van der Waals surface area contributed by atoms with E-state index in [4.69, 9.17) is 14.9 Å². The molecule has 2 aromatic rings. The maximum Gasteiger partial charge on any atom is 0.374 e. The molecule has 0 saturated carbocycles. The SMILES string of the molecule is CCN(CC)CC(C)(C)COC(=O)c1ccc(-c2ccc(N)cc2)o1. The zero-order valence-electron chi connectivity index (χ0n) is 15.5. The minimum atomic E-state index is -0.436. The van der Waals surface area contributed by atoms with Crippen molar-refractivity contribution in [1.29, 1.82) is 0 Å². The number of ether oxygens (including phenoxy) is 1. The number of nitrogen functional groups attached to an aromatic ring is 1. The molecule has 0 aliphatic rings. The van der Waals surface area contributed by atoms with Crippen LogP contribution in [0.2, 0.25) is 0 Å². The van der Waals surface area contributed by atoms with E-state index in [2.05, 4.69) is 32.6 Å². The highest BCUT2D eigenvalue weighted by atomic mass is 16.5. The summed E-state index contributed by atoms with van der Waals surface area (Å²) < 4.78 is 11.1. The molecule has 0 spiro atoms. The van der Waals surface area contributed by atoms with Crippen LogP contribution in [0.15, 0.2) is 40.8 Å². The molecule has 0 aliphatic carbocycles. The van der Waals surface area contributed by atoms with Gasteiger partial charge < -0.3 is 19.8 Å². The van der Waals surface area contributed by atoms with E-state index in [9.17, 15) is 4.79 Å². The van der Waals surface area contributed by atoms with Gasteiger partial charge in [0.2, 0.25) is 5.76 Å². The van der Waals surface area contributed by atoms with Crippen LogP contribution >= 0.6 is 0 Å². The van der Waals surface area contributed by atoms with Gasteiger partial charge in [-0.25, -0.2) is 4.79 Å². The van der Waals surface area contributed by atoms with Gasteiger partial charge in [0.25, 0.3) is 0 Å². The van der Waals surface area contributed by atoms with E-state index in [1.165, 1.54) is 0 Å². The lowest BCUT2D eigenvalue weighted by molar-refractivity contribution is 0.0243. The summed E-state index contributed by atoms with van der Waals surface area (Å²) in [4.78, 5) is 14.6. The van der Waals surface area contributed by atoms with Gasteiger partial charge in [0.15, 0.2) is 0 Å². The zero-order chi connectivity index (χ0) is 18.4. The fourth-order valence-electron chi connectivity index (χ4n) is 2.68. The van der Waals surface area contributed by atoms with Gasteiger partial charge in [-0.05, 0) is 49.5 Å². The number of rotatable bonds is 8. The third-order valence-electron chi connectivity index (χ3n) is 4.14. The second-order valence-electron chi connectivity index (χ2n) is 6.99. The molecule has 0 radical (unpaired) electrons. The largest absolute Gasteiger partial charge is 0.459 e. The summed E-state index contributed by atoms with van der Waals surface area (Å²) in [5.41, 5.74) is 7.12. The van der Waals surface area contributed by atoms with Gasteiger partial charge in [0.05, 0.1) is 6.61 Å².